The van der Waals surface area contributed by atoms with E-state index in [1.807, 2.05) is 33.8 Å². The van der Waals surface area contributed by atoms with Gasteiger partial charge in [0.2, 0.25) is 5.92 Å². The minimum atomic E-state index is -3.91. The van der Waals surface area contributed by atoms with Crippen LogP contribution < -0.4 is 5.56 Å². The number of alkyl halides is 2. The summed E-state index contributed by atoms with van der Waals surface area (Å²) in [5.74, 6) is -4.81. The summed E-state index contributed by atoms with van der Waals surface area (Å²) in [6.45, 7) is 31.7. The maximum atomic E-state index is 14.6. The molecule has 0 amide bonds. The number of sulfone groups is 1. The number of benzene rings is 2. The highest BCUT2D eigenvalue weighted by atomic mass is 32.2. The zero-order chi connectivity index (χ0) is 52.2. The van der Waals surface area contributed by atoms with Crippen LogP contribution in [0.2, 0.25) is 0 Å². The van der Waals surface area contributed by atoms with Crippen LogP contribution in [0.4, 0.5) is 17.6 Å². The van der Waals surface area contributed by atoms with Crippen LogP contribution in [0.15, 0.2) is 52.8 Å². The number of morpholine rings is 1. The van der Waals surface area contributed by atoms with Crippen LogP contribution in [0.25, 0.3) is 16.7 Å². The van der Waals surface area contributed by atoms with Crippen LogP contribution in [0, 0.1) is 37.8 Å². The summed E-state index contributed by atoms with van der Waals surface area (Å²) in [5.41, 5.74) is 3.42. The van der Waals surface area contributed by atoms with Crippen LogP contribution in [0.1, 0.15) is 185 Å². The molecule has 7 rings (SSSR count). The monoisotopic (exact) mass is 984 g/mol. The standard InChI is InChI=1S/C35H34F4N4O3S.C13H27NO.C3H8.2C2H6/c1-18-5-8-28(20(3)29(18)31(40)47(4,45)46)43-33(26(22-6-7-22)16-21-14-24(36)17-25(37)15-21)42-32-30(34(43)44)19(2)13-27(41-32)23-9-11-35(38,39)12-10-23;1-6-7-8-9-14-10-12(2,3)15-13(4,5)11-14;1-3-2;2*1-2/h5-6,8,13-15,17,23,26,40H,7,9-12,16H2,1-4H3;6-11H2,1-5H3;3H2,1-2H3;2*1-2H3. The Morgan fingerprint density at radius 3 is 1.93 bits per heavy atom. The van der Waals surface area contributed by atoms with E-state index in [1.54, 1.807) is 39.0 Å². The minimum Gasteiger partial charge on any atom is -0.367 e. The third-order valence-electron chi connectivity index (χ3n) is 12.1. The first-order valence-corrected chi connectivity index (χ1v) is 27.0. The molecule has 69 heavy (non-hydrogen) atoms. The molecule has 1 N–H and O–H groups in total. The number of pyridine rings is 1. The summed E-state index contributed by atoms with van der Waals surface area (Å²) in [7, 11) is -3.91. The number of nitrogens with one attached hydrogen (secondary N) is 1. The van der Waals surface area contributed by atoms with Crippen molar-refractivity contribution in [2.75, 3.05) is 25.9 Å². The Morgan fingerprint density at radius 1 is 0.870 bits per heavy atom. The fraction of sp³-hybridized carbons (Fsp3) is 0.600. The molecule has 1 atom stereocenters. The summed E-state index contributed by atoms with van der Waals surface area (Å²) in [6, 6.07) is 8.28. The van der Waals surface area contributed by atoms with Gasteiger partial charge in [0.1, 0.15) is 17.5 Å². The van der Waals surface area contributed by atoms with Crippen LogP contribution >= 0.6 is 0 Å². The molecular formula is C55H81F4N5O4S. The molecule has 3 aliphatic rings. The molecule has 1 aliphatic heterocycles. The first kappa shape index (κ1) is 59.0. The molecule has 1 saturated carbocycles. The Labute approximate surface area is 411 Å². The van der Waals surface area contributed by atoms with Gasteiger partial charge in [0.25, 0.3) is 5.56 Å². The Morgan fingerprint density at radius 2 is 1.42 bits per heavy atom. The third kappa shape index (κ3) is 16.1. The van der Waals surface area contributed by atoms with Gasteiger partial charge in [-0.1, -0.05) is 85.4 Å². The molecule has 2 aromatic carbocycles. The molecule has 384 valence electrons. The SMILES string of the molecule is CC.CC.CCC.CCCCCN1CC(C)(C)OC(C)(C)C1.Cc1ccc(-n2c(C(Cc3cc(F)cc(F)c3)C3=CC3)nc3nc(C4CCC(F)(F)CC4)cc(C)c3c2=O)c(C)c1C(=N)S(C)(=O)=O. The number of halogens is 4. The van der Waals surface area contributed by atoms with E-state index in [4.69, 9.17) is 20.1 Å². The van der Waals surface area contributed by atoms with Gasteiger partial charge in [0, 0.05) is 61.3 Å². The minimum absolute atomic E-state index is 0.00790. The second kappa shape index (κ2) is 25.2. The zero-order valence-corrected chi connectivity index (χ0v) is 45.0. The van der Waals surface area contributed by atoms with E-state index >= 15 is 0 Å². The Hall–Kier alpha value is -4.27. The lowest BCUT2D eigenvalue weighted by Crippen LogP contribution is -2.57. The van der Waals surface area contributed by atoms with Gasteiger partial charge in [-0.2, -0.15) is 0 Å². The highest BCUT2D eigenvalue weighted by Crippen LogP contribution is 2.42. The van der Waals surface area contributed by atoms with Gasteiger partial charge in [-0.3, -0.25) is 19.7 Å². The van der Waals surface area contributed by atoms with Crippen molar-refractivity contribution in [3.8, 4) is 5.69 Å². The Kier molecular flexibility index (Phi) is 21.6. The van der Waals surface area contributed by atoms with Gasteiger partial charge in [-0.25, -0.2) is 35.9 Å². The molecule has 0 radical (unpaired) electrons. The van der Waals surface area contributed by atoms with Crippen LogP contribution in [0.3, 0.4) is 0 Å². The van der Waals surface area contributed by atoms with Crippen molar-refractivity contribution in [1.29, 1.82) is 5.41 Å². The summed E-state index contributed by atoms with van der Waals surface area (Å²) in [4.78, 5) is 26.9. The van der Waals surface area contributed by atoms with Gasteiger partial charge in [0.05, 0.1) is 22.3 Å². The first-order chi connectivity index (χ1) is 32.3. The molecule has 0 spiro atoms. The molecule has 0 bridgehead atoms. The van der Waals surface area contributed by atoms with E-state index in [1.165, 1.54) is 48.9 Å². The molecule has 2 fully saturated rings. The van der Waals surface area contributed by atoms with Crippen molar-refractivity contribution in [3.05, 3.63) is 109 Å². The van der Waals surface area contributed by atoms with Crippen molar-refractivity contribution >= 4 is 25.9 Å². The number of allylic oxidation sites excluding steroid dienone is 2. The van der Waals surface area contributed by atoms with Crippen LogP contribution in [-0.4, -0.2) is 75.9 Å². The molecule has 3 heterocycles. The average Bonchev–Trinajstić information content (AvgIpc) is 4.09. The number of aryl methyl sites for hydroxylation is 2. The third-order valence-corrected chi connectivity index (χ3v) is 13.0. The van der Waals surface area contributed by atoms with Crippen molar-refractivity contribution in [1.82, 2.24) is 19.4 Å². The highest BCUT2D eigenvalue weighted by molar-refractivity contribution is 8.06. The molecule has 4 aromatic rings. The first-order valence-electron chi connectivity index (χ1n) is 25.1. The van der Waals surface area contributed by atoms with E-state index in [0.29, 0.717) is 40.1 Å². The summed E-state index contributed by atoms with van der Waals surface area (Å²) < 4.78 is 88.9. The van der Waals surface area contributed by atoms with Crippen molar-refractivity contribution in [2.45, 2.75) is 190 Å². The lowest BCUT2D eigenvalue weighted by molar-refractivity contribution is -0.180. The van der Waals surface area contributed by atoms with E-state index in [0.717, 1.165) is 31.0 Å². The van der Waals surface area contributed by atoms with Gasteiger partial charge in [0.15, 0.2) is 20.5 Å². The topological polar surface area (TPSA) is 118 Å². The summed E-state index contributed by atoms with van der Waals surface area (Å²) in [5, 5.41) is 8.08. The fourth-order valence-electron chi connectivity index (χ4n) is 9.41. The van der Waals surface area contributed by atoms with E-state index in [2.05, 4.69) is 53.4 Å². The number of fused-ring (bicyclic) bond motifs is 1. The van der Waals surface area contributed by atoms with Crippen molar-refractivity contribution in [2.24, 2.45) is 0 Å². The second-order valence-electron chi connectivity index (χ2n) is 19.6. The maximum Gasteiger partial charge on any atom is 0.267 e. The molecule has 2 aromatic heterocycles. The number of aromatic nitrogens is 3. The number of rotatable bonds is 11. The highest BCUT2D eigenvalue weighted by Gasteiger charge is 2.38. The van der Waals surface area contributed by atoms with Gasteiger partial charge < -0.3 is 4.74 Å². The zero-order valence-electron chi connectivity index (χ0n) is 44.2. The van der Waals surface area contributed by atoms with Gasteiger partial charge in [-0.05, 0) is 134 Å². The van der Waals surface area contributed by atoms with Crippen molar-refractivity contribution in [3.63, 3.8) is 0 Å². The van der Waals surface area contributed by atoms with E-state index in [9.17, 15) is 30.8 Å². The number of hydrogen-bond acceptors (Lipinski definition) is 8. The normalized spacial score (nSPS) is 17.6. The molecule has 9 nitrogen and oxygen atoms in total. The molecule has 1 saturated heterocycles. The predicted molar refractivity (Wildman–Crippen MR) is 277 cm³/mol. The van der Waals surface area contributed by atoms with Gasteiger partial charge >= 0.3 is 0 Å². The lowest BCUT2D eigenvalue weighted by Gasteiger charge is -2.47. The quantitative estimate of drug-likeness (QED) is 0.0523. The predicted octanol–water partition coefficient (Wildman–Crippen LogP) is 13.8. The van der Waals surface area contributed by atoms with Crippen LogP contribution in [0.5, 0.6) is 0 Å². The van der Waals surface area contributed by atoms with E-state index < -0.39 is 43.9 Å². The fourth-order valence-corrected chi connectivity index (χ4v) is 10.1. The number of unbranched alkanes of at least 4 members (excludes halogenated alkanes) is 2. The Bertz CT molecular complexity index is 2540. The summed E-state index contributed by atoms with van der Waals surface area (Å²) >= 11 is 0. The molecule has 1 unspecified atom stereocenters. The Balaban J connectivity index is 0.000000480. The number of hydrogen-bond donors (Lipinski definition) is 1. The second-order valence-corrected chi connectivity index (χ2v) is 21.5. The molecule has 2 aliphatic carbocycles. The number of ether oxygens (including phenoxy) is 1. The molecular weight excluding hydrogens is 903 g/mol. The molecule has 14 heteroatoms. The number of nitrogens with zero attached hydrogens (tertiary/aromatic N) is 4. The largest absolute Gasteiger partial charge is 0.367 e. The van der Waals surface area contributed by atoms with Crippen LogP contribution in [-0.2, 0) is 21.0 Å². The summed E-state index contributed by atoms with van der Waals surface area (Å²) in [6.07, 6.45) is 8.78. The smallest absolute Gasteiger partial charge is 0.267 e. The maximum absolute atomic E-state index is 14.6. The van der Waals surface area contributed by atoms with Crippen molar-refractivity contribution < 1.29 is 30.7 Å². The lowest BCUT2D eigenvalue weighted by atomic mass is 9.84. The van der Waals surface area contributed by atoms with Gasteiger partial charge in [-0.15, -0.1) is 0 Å². The average molecular weight is 984 g/mol. The van der Waals surface area contributed by atoms with E-state index in [-0.39, 0.29) is 71.6 Å².